The molecule has 0 aliphatic heterocycles. The quantitative estimate of drug-likeness (QED) is 0.372. The summed E-state index contributed by atoms with van der Waals surface area (Å²) >= 11 is 0. The number of nitrogens with one attached hydrogen (secondary N) is 2. The molecule has 2 amide bonds. The fourth-order valence-corrected chi connectivity index (χ4v) is 3.98. The van der Waals surface area contributed by atoms with Gasteiger partial charge < -0.3 is 24.7 Å². The van der Waals surface area contributed by atoms with Crippen molar-refractivity contribution in [3.8, 4) is 5.75 Å². The van der Waals surface area contributed by atoms with E-state index in [2.05, 4.69) is 10.3 Å². The highest BCUT2D eigenvalue weighted by molar-refractivity contribution is 5.88. The standard InChI is InChI=1S/C28H29N3O4/c1-31(18-20-12-14-23(34-2)15-13-20)27(32)26(16-22-17-29-25-11-7-6-10-24(22)25)30-28(33)35-19-21-8-4-3-5-9-21/h3-15,17,26,29H,16,18-19H2,1-2H3,(H,30,33)/t26-/m0/s1. The predicted molar refractivity (Wildman–Crippen MR) is 135 cm³/mol. The summed E-state index contributed by atoms with van der Waals surface area (Å²) in [5.74, 6) is 0.547. The van der Waals surface area contributed by atoms with Gasteiger partial charge in [0.1, 0.15) is 18.4 Å². The Morgan fingerprint density at radius 3 is 2.40 bits per heavy atom. The summed E-state index contributed by atoms with van der Waals surface area (Å²) in [4.78, 5) is 31.0. The van der Waals surface area contributed by atoms with Crippen molar-refractivity contribution in [1.29, 1.82) is 0 Å². The first-order valence-corrected chi connectivity index (χ1v) is 11.4. The summed E-state index contributed by atoms with van der Waals surface area (Å²) in [6.45, 7) is 0.524. The highest BCUT2D eigenvalue weighted by Gasteiger charge is 2.26. The Balaban J connectivity index is 1.48. The number of carbonyl (C=O) groups is 2. The molecule has 7 nitrogen and oxygen atoms in total. The number of aromatic amines is 1. The minimum absolute atomic E-state index is 0.127. The molecule has 7 heteroatoms. The van der Waals surface area contributed by atoms with Gasteiger partial charge in [0.15, 0.2) is 0 Å². The molecular weight excluding hydrogens is 442 g/mol. The van der Waals surface area contributed by atoms with Crippen LogP contribution in [-0.4, -0.2) is 42.1 Å². The molecule has 1 atom stereocenters. The number of hydrogen-bond acceptors (Lipinski definition) is 4. The molecule has 0 radical (unpaired) electrons. The largest absolute Gasteiger partial charge is 0.497 e. The number of alkyl carbamates (subject to hydrolysis) is 1. The molecule has 35 heavy (non-hydrogen) atoms. The van der Waals surface area contributed by atoms with Crippen LogP contribution in [0.25, 0.3) is 10.9 Å². The van der Waals surface area contributed by atoms with Crippen molar-refractivity contribution < 1.29 is 19.1 Å². The van der Waals surface area contributed by atoms with Gasteiger partial charge in [-0.15, -0.1) is 0 Å². The molecule has 0 saturated heterocycles. The van der Waals surface area contributed by atoms with E-state index >= 15 is 0 Å². The lowest BCUT2D eigenvalue weighted by Gasteiger charge is -2.24. The van der Waals surface area contributed by atoms with Crippen molar-refractivity contribution in [3.63, 3.8) is 0 Å². The van der Waals surface area contributed by atoms with Gasteiger partial charge in [-0.05, 0) is 34.9 Å². The number of amides is 2. The number of ether oxygens (including phenoxy) is 2. The third kappa shape index (κ3) is 6.20. The number of likely N-dealkylation sites (N-methyl/N-ethyl adjacent to an activating group) is 1. The van der Waals surface area contributed by atoms with E-state index in [0.29, 0.717) is 13.0 Å². The molecule has 0 unspecified atom stereocenters. The third-order valence-corrected chi connectivity index (χ3v) is 5.86. The van der Waals surface area contributed by atoms with Crippen molar-refractivity contribution in [1.82, 2.24) is 15.2 Å². The number of benzene rings is 3. The molecule has 1 aromatic heterocycles. The Bertz CT molecular complexity index is 1270. The van der Waals surface area contributed by atoms with E-state index < -0.39 is 12.1 Å². The molecule has 0 aliphatic rings. The molecule has 2 N–H and O–H groups in total. The molecule has 1 heterocycles. The molecule has 180 valence electrons. The van der Waals surface area contributed by atoms with E-state index in [-0.39, 0.29) is 12.5 Å². The summed E-state index contributed by atoms with van der Waals surface area (Å²) in [6.07, 6.45) is 1.58. The van der Waals surface area contributed by atoms with Crippen LogP contribution in [0.3, 0.4) is 0 Å². The minimum atomic E-state index is -0.791. The van der Waals surface area contributed by atoms with Gasteiger partial charge >= 0.3 is 6.09 Å². The zero-order chi connectivity index (χ0) is 24.6. The fraction of sp³-hybridized carbons (Fsp3) is 0.214. The second-order valence-corrected chi connectivity index (χ2v) is 8.36. The van der Waals surface area contributed by atoms with Crippen LogP contribution in [0.15, 0.2) is 85.1 Å². The Morgan fingerprint density at radius 2 is 1.66 bits per heavy atom. The average molecular weight is 472 g/mol. The van der Waals surface area contributed by atoms with Gasteiger partial charge in [-0.2, -0.15) is 0 Å². The molecule has 4 rings (SSSR count). The van der Waals surface area contributed by atoms with Crippen LogP contribution in [0.5, 0.6) is 5.75 Å². The first-order valence-electron chi connectivity index (χ1n) is 11.4. The topological polar surface area (TPSA) is 83.7 Å². The smallest absolute Gasteiger partial charge is 0.408 e. The van der Waals surface area contributed by atoms with Crippen molar-refractivity contribution >= 4 is 22.9 Å². The SMILES string of the molecule is COc1ccc(CN(C)C(=O)[C@H](Cc2c[nH]c3ccccc23)NC(=O)OCc2ccccc2)cc1. The van der Waals surface area contributed by atoms with E-state index in [1.54, 1.807) is 19.1 Å². The summed E-state index contributed by atoms with van der Waals surface area (Å²) in [5.41, 5.74) is 3.75. The van der Waals surface area contributed by atoms with Crippen molar-refractivity contribution in [2.45, 2.75) is 25.6 Å². The van der Waals surface area contributed by atoms with E-state index in [9.17, 15) is 9.59 Å². The molecule has 0 saturated carbocycles. The lowest BCUT2D eigenvalue weighted by Crippen LogP contribution is -2.48. The van der Waals surface area contributed by atoms with E-state index in [4.69, 9.17) is 9.47 Å². The molecule has 3 aromatic carbocycles. The lowest BCUT2D eigenvalue weighted by atomic mass is 10.0. The van der Waals surface area contributed by atoms with Crippen LogP contribution in [-0.2, 0) is 29.1 Å². The van der Waals surface area contributed by atoms with Crippen LogP contribution in [0.4, 0.5) is 4.79 Å². The van der Waals surface area contributed by atoms with E-state index in [0.717, 1.165) is 33.3 Å². The summed E-state index contributed by atoms with van der Waals surface area (Å²) in [6, 6.07) is 24.1. The van der Waals surface area contributed by atoms with Crippen LogP contribution in [0, 0.1) is 0 Å². The van der Waals surface area contributed by atoms with E-state index in [1.165, 1.54) is 0 Å². The monoisotopic (exact) mass is 471 g/mol. The average Bonchev–Trinajstić information content (AvgIpc) is 3.30. The third-order valence-electron chi connectivity index (χ3n) is 5.86. The van der Waals surface area contributed by atoms with Crippen LogP contribution in [0.1, 0.15) is 16.7 Å². The maximum absolute atomic E-state index is 13.5. The molecular formula is C28H29N3O4. The zero-order valence-electron chi connectivity index (χ0n) is 19.9. The fourth-order valence-electron chi connectivity index (χ4n) is 3.98. The number of carbonyl (C=O) groups excluding carboxylic acids is 2. The van der Waals surface area contributed by atoms with Crippen LogP contribution >= 0.6 is 0 Å². The number of hydrogen-bond donors (Lipinski definition) is 2. The Morgan fingerprint density at radius 1 is 0.943 bits per heavy atom. The predicted octanol–water partition coefficient (Wildman–Crippen LogP) is 4.67. The molecule has 0 bridgehead atoms. The Labute approximate surface area is 204 Å². The lowest BCUT2D eigenvalue weighted by molar-refractivity contribution is -0.132. The molecule has 0 spiro atoms. The second kappa shape index (κ2) is 11.2. The summed E-state index contributed by atoms with van der Waals surface area (Å²) in [5, 5.41) is 3.80. The van der Waals surface area contributed by atoms with Crippen LogP contribution < -0.4 is 10.1 Å². The maximum atomic E-state index is 13.5. The number of rotatable bonds is 9. The van der Waals surface area contributed by atoms with Crippen molar-refractivity contribution in [3.05, 3.63) is 102 Å². The summed E-state index contributed by atoms with van der Waals surface area (Å²) in [7, 11) is 3.34. The number of H-pyrrole nitrogens is 1. The van der Waals surface area contributed by atoms with Gasteiger partial charge in [0, 0.05) is 37.1 Å². The van der Waals surface area contributed by atoms with Gasteiger partial charge in [0.05, 0.1) is 7.11 Å². The Hall–Kier alpha value is -4.26. The van der Waals surface area contributed by atoms with Gasteiger partial charge in [-0.1, -0.05) is 60.7 Å². The zero-order valence-corrected chi connectivity index (χ0v) is 19.9. The number of para-hydroxylation sites is 1. The highest BCUT2D eigenvalue weighted by atomic mass is 16.5. The normalized spacial score (nSPS) is 11.6. The number of methoxy groups -OCH3 is 1. The first kappa shape index (κ1) is 23.9. The van der Waals surface area contributed by atoms with Crippen molar-refractivity contribution in [2.75, 3.05) is 14.2 Å². The van der Waals surface area contributed by atoms with Gasteiger partial charge in [0.25, 0.3) is 0 Å². The molecule has 4 aromatic rings. The number of fused-ring (bicyclic) bond motifs is 1. The molecule has 0 aliphatic carbocycles. The number of nitrogens with zero attached hydrogens (tertiary/aromatic N) is 1. The Kier molecular flexibility index (Phi) is 7.67. The van der Waals surface area contributed by atoms with Crippen molar-refractivity contribution in [2.24, 2.45) is 0 Å². The summed E-state index contributed by atoms with van der Waals surface area (Å²) < 4.78 is 10.6. The van der Waals surface area contributed by atoms with Gasteiger partial charge in [-0.25, -0.2) is 4.79 Å². The first-order chi connectivity index (χ1) is 17.0. The minimum Gasteiger partial charge on any atom is -0.497 e. The van der Waals surface area contributed by atoms with Crippen LogP contribution in [0.2, 0.25) is 0 Å². The maximum Gasteiger partial charge on any atom is 0.408 e. The van der Waals surface area contributed by atoms with E-state index in [1.807, 2.05) is 85.1 Å². The second-order valence-electron chi connectivity index (χ2n) is 8.36. The van der Waals surface area contributed by atoms with Gasteiger partial charge in [0.2, 0.25) is 5.91 Å². The molecule has 0 fully saturated rings. The van der Waals surface area contributed by atoms with Gasteiger partial charge in [-0.3, -0.25) is 4.79 Å². The number of aromatic nitrogens is 1. The highest BCUT2D eigenvalue weighted by Crippen LogP contribution is 2.20.